The fourth-order valence-corrected chi connectivity index (χ4v) is 8.09. The molecular formula is C33H40N6O6S. The van der Waals surface area contributed by atoms with Crippen molar-refractivity contribution in [2.45, 2.75) is 57.1 Å². The highest BCUT2D eigenvalue weighted by atomic mass is 32.2. The minimum atomic E-state index is -3.10. The van der Waals surface area contributed by atoms with Crippen LogP contribution in [-0.2, 0) is 24.1 Å². The maximum absolute atomic E-state index is 12.6. The number of carbonyl (C=O) groups excluding carboxylic acids is 1. The highest BCUT2D eigenvalue weighted by molar-refractivity contribution is 7.90. The standard InChI is InChI=1S/C33H40N6O6S/c1-20-25-17-35-39(29(25)15-28(36-20)26-16-34-12-9-30(26)43-3)31-14-24(38-18-23(21(38)2)19-46(6,41)42)13-27(37-31)22-7-10-33(45-5,11-8-22)32(40)44-4/h9,12-17,21-23H,7-8,10-11,18-19H2,1-6H3/t21-,22?,23-,33?/m1/s1. The molecule has 0 radical (unpaired) electrons. The van der Waals surface area contributed by atoms with E-state index >= 15 is 0 Å². The molecule has 2 atom stereocenters. The summed E-state index contributed by atoms with van der Waals surface area (Å²) in [4.78, 5) is 29.1. The minimum Gasteiger partial charge on any atom is -0.496 e. The zero-order valence-corrected chi connectivity index (χ0v) is 27.9. The van der Waals surface area contributed by atoms with E-state index in [1.54, 1.807) is 38.9 Å². The van der Waals surface area contributed by atoms with Gasteiger partial charge in [0.05, 0.1) is 42.9 Å². The van der Waals surface area contributed by atoms with Crippen LogP contribution in [0.5, 0.6) is 5.75 Å². The normalized spacial score (nSPS) is 23.3. The largest absolute Gasteiger partial charge is 0.496 e. The molecular weight excluding hydrogens is 608 g/mol. The maximum Gasteiger partial charge on any atom is 0.338 e. The molecule has 244 valence electrons. The van der Waals surface area contributed by atoms with Crippen molar-refractivity contribution in [3.63, 3.8) is 0 Å². The molecule has 1 saturated carbocycles. The molecule has 1 aliphatic heterocycles. The number of carbonyl (C=O) groups is 1. The average molecular weight is 649 g/mol. The zero-order chi connectivity index (χ0) is 32.8. The van der Waals surface area contributed by atoms with E-state index in [2.05, 4.69) is 22.9 Å². The predicted octanol–water partition coefficient (Wildman–Crippen LogP) is 4.28. The third-order valence-corrected chi connectivity index (χ3v) is 10.7. The molecule has 0 aromatic carbocycles. The van der Waals surface area contributed by atoms with Crippen molar-refractivity contribution in [1.82, 2.24) is 24.7 Å². The Morgan fingerprint density at radius 1 is 1.09 bits per heavy atom. The van der Waals surface area contributed by atoms with E-state index in [9.17, 15) is 13.2 Å². The predicted molar refractivity (Wildman–Crippen MR) is 174 cm³/mol. The second kappa shape index (κ2) is 12.3. The first-order chi connectivity index (χ1) is 22.0. The lowest BCUT2D eigenvalue weighted by atomic mass is 9.77. The van der Waals surface area contributed by atoms with Crippen LogP contribution in [0.4, 0.5) is 5.69 Å². The van der Waals surface area contributed by atoms with Gasteiger partial charge in [0.15, 0.2) is 11.4 Å². The Bertz CT molecular complexity index is 1880. The summed E-state index contributed by atoms with van der Waals surface area (Å²) in [6.45, 7) is 4.64. The van der Waals surface area contributed by atoms with Crippen LogP contribution >= 0.6 is 0 Å². The highest BCUT2D eigenvalue weighted by Crippen LogP contribution is 2.42. The molecule has 0 N–H and O–H groups in total. The van der Waals surface area contributed by atoms with Crippen LogP contribution in [0.2, 0.25) is 0 Å². The molecule has 0 unspecified atom stereocenters. The van der Waals surface area contributed by atoms with E-state index in [-0.39, 0.29) is 29.6 Å². The van der Waals surface area contributed by atoms with Gasteiger partial charge in [-0.15, -0.1) is 0 Å². The van der Waals surface area contributed by atoms with E-state index < -0.39 is 15.4 Å². The average Bonchev–Trinajstić information content (AvgIpc) is 3.50. The van der Waals surface area contributed by atoms with Gasteiger partial charge in [-0.1, -0.05) is 0 Å². The lowest BCUT2D eigenvalue weighted by Gasteiger charge is -2.48. The van der Waals surface area contributed by atoms with Crippen LogP contribution in [0.15, 0.2) is 42.9 Å². The lowest BCUT2D eigenvalue weighted by molar-refractivity contribution is -0.170. The first-order valence-electron chi connectivity index (χ1n) is 15.4. The Morgan fingerprint density at radius 2 is 1.85 bits per heavy atom. The molecule has 4 aromatic heterocycles. The second-order valence-electron chi connectivity index (χ2n) is 12.5. The van der Waals surface area contributed by atoms with E-state index in [0.29, 0.717) is 49.5 Å². The van der Waals surface area contributed by atoms with Crippen molar-refractivity contribution in [2.24, 2.45) is 5.92 Å². The molecule has 6 rings (SSSR count). The van der Waals surface area contributed by atoms with E-state index in [0.717, 1.165) is 33.5 Å². The van der Waals surface area contributed by atoms with Crippen LogP contribution < -0.4 is 9.64 Å². The quantitative estimate of drug-likeness (QED) is 0.240. The van der Waals surface area contributed by atoms with Gasteiger partial charge in [-0.05, 0) is 57.7 Å². The van der Waals surface area contributed by atoms with Crippen molar-refractivity contribution < 1.29 is 27.4 Å². The number of pyridine rings is 3. The van der Waals surface area contributed by atoms with Gasteiger partial charge in [-0.25, -0.2) is 22.9 Å². The summed E-state index contributed by atoms with van der Waals surface area (Å²) in [5, 5.41) is 5.67. The Balaban J connectivity index is 1.42. The van der Waals surface area contributed by atoms with Crippen LogP contribution in [0.1, 0.15) is 49.9 Å². The molecule has 2 fully saturated rings. The summed E-state index contributed by atoms with van der Waals surface area (Å²) in [6, 6.07) is 7.93. The molecule has 1 aliphatic carbocycles. The van der Waals surface area contributed by atoms with Gasteiger partial charge in [0.25, 0.3) is 0 Å². The third kappa shape index (κ3) is 5.81. The van der Waals surface area contributed by atoms with Gasteiger partial charge in [0, 0.05) is 78.7 Å². The number of esters is 1. The van der Waals surface area contributed by atoms with Crippen molar-refractivity contribution in [1.29, 1.82) is 0 Å². The number of aryl methyl sites for hydroxylation is 1. The fourth-order valence-electron chi connectivity index (χ4n) is 6.92. The fraction of sp³-hybridized carbons (Fsp3) is 0.485. The monoisotopic (exact) mass is 648 g/mol. The third-order valence-electron chi connectivity index (χ3n) is 9.68. The zero-order valence-electron chi connectivity index (χ0n) is 27.1. The van der Waals surface area contributed by atoms with Gasteiger partial charge in [-0.2, -0.15) is 5.10 Å². The molecule has 4 aromatic rings. The molecule has 0 bridgehead atoms. The van der Waals surface area contributed by atoms with Gasteiger partial charge in [-0.3, -0.25) is 9.97 Å². The number of ether oxygens (including phenoxy) is 3. The van der Waals surface area contributed by atoms with E-state index in [1.807, 2.05) is 23.7 Å². The lowest BCUT2D eigenvalue weighted by Crippen LogP contribution is -2.57. The summed E-state index contributed by atoms with van der Waals surface area (Å²) in [5.74, 6) is 1.24. The van der Waals surface area contributed by atoms with Gasteiger partial charge >= 0.3 is 5.97 Å². The molecule has 2 aliphatic rings. The molecule has 5 heterocycles. The number of hydrogen-bond donors (Lipinski definition) is 0. The van der Waals surface area contributed by atoms with Crippen LogP contribution in [0.3, 0.4) is 0 Å². The summed E-state index contributed by atoms with van der Waals surface area (Å²) in [7, 11) is 1.47. The Kier molecular flexibility index (Phi) is 8.49. The van der Waals surface area contributed by atoms with Gasteiger partial charge in [0.1, 0.15) is 15.6 Å². The van der Waals surface area contributed by atoms with Crippen molar-refractivity contribution in [3.05, 3.63) is 54.2 Å². The smallest absolute Gasteiger partial charge is 0.338 e. The van der Waals surface area contributed by atoms with Crippen LogP contribution in [0, 0.1) is 12.8 Å². The Hall–Kier alpha value is -4.10. The Morgan fingerprint density at radius 3 is 2.50 bits per heavy atom. The molecule has 0 amide bonds. The molecule has 13 heteroatoms. The molecule has 46 heavy (non-hydrogen) atoms. The summed E-state index contributed by atoms with van der Waals surface area (Å²) in [5.41, 5.74) is 4.02. The molecule has 0 spiro atoms. The minimum absolute atomic E-state index is 0.0371. The van der Waals surface area contributed by atoms with E-state index in [4.69, 9.17) is 29.3 Å². The molecule has 1 saturated heterocycles. The second-order valence-corrected chi connectivity index (χ2v) is 14.7. The number of methoxy groups -OCH3 is 3. The van der Waals surface area contributed by atoms with Crippen LogP contribution in [0.25, 0.3) is 28.0 Å². The number of rotatable bonds is 9. The number of fused-ring (bicyclic) bond motifs is 1. The number of hydrogen-bond acceptors (Lipinski definition) is 11. The van der Waals surface area contributed by atoms with E-state index in [1.165, 1.54) is 13.4 Å². The summed E-state index contributed by atoms with van der Waals surface area (Å²) < 4.78 is 42.3. The summed E-state index contributed by atoms with van der Waals surface area (Å²) in [6.07, 6.45) is 8.93. The summed E-state index contributed by atoms with van der Waals surface area (Å²) >= 11 is 0. The van der Waals surface area contributed by atoms with Gasteiger partial charge < -0.3 is 19.1 Å². The first-order valence-corrected chi connectivity index (χ1v) is 17.5. The van der Waals surface area contributed by atoms with Gasteiger partial charge in [0.2, 0.25) is 0 Å². The number of aromatic nitrogens is 5. The van der Waals surface area contributed by atoms with Crippen molar-refractivity contribution in [3.8, 4) is 22.8 Å². The number of anilines is 1. The number of nitrogens with zero attached hydrogens (tertiary/aromatic N) is 6. The van der Waals surface area contributed by atoms with Crippen molar-refractivity contribution in [2.75, 3.05) is 44.8 Å². The number of sulfone groups is 1. The maximum atomic E-state index is 12.6. The Labute approximate surface area is 269 Å². The highest BCUT2D eigenvalue weighted by Gasteiger charge is 2.44. The van der Waals surface area contributed by atoms with Crippen molar-refractivity contribution >= 4 is 32.4 Å². The first kappa shape index (κ1) is 31.9. The molecule has 12 nitrogen and oxygen atoms in total. The van der Waals surface area contributed by atoms with Crippen LogP contribution in [-0.4, -0.2) is 90.6 Å². The topological polar surface area (TPSA) is 139 Å². The SMILES string of the molecule is COC(=O)C1(OC)CCC(c2cc(N3C[C@H](CS(C)(=O)=O)[C@H]3C)cc(-n3ncc4c(C)nc(-c5cnccc5OC)cc43)n2)CC1.